The van der Waals surface area contributed by atoms with Crippen LogP contribution in [0.15, 0.2) is 76.5 Å². The van der Waals surface area contributed by atoms with Gasteiger partial charge in [-0.15, -0.1) is 0 Å². The lowest BCUT2D eigenvalue weighted by molar-refractivity contribution is 0.100. The van der Waals surface area contributed by atoms with Gasteiger partial charge in [0, 0.05) is 20.9 Å². The maximum absolute atomic E-state index is 11.2. The molecule has 1 aliphatic rings. The Hall–Kier alpha value is -2.72. The number of nitrogens with one attached hydrogen (secondary N) is 1. The van der Waals surface area contributed by atoms with Crippen LogP contribution in [-0.4, -0.2) is 5.91 Å². The van der Waals surface area contributed by atoms with E-state index >= 15 is 0 Å². The third kappa shape index (κ3) is 2.47. The largest absolute Gasteiger partial charge is 0.366 e. The summed E-state index contributed by atoms with van der Waals surface area (Å²) < 4.78 is 0. The molecule has 0 aliphatic carbocycles. The maximum atomic E-state index is 11.2. The molecule has 0 radical (unpaired) electrons. The second-order valence-corrected chi connectivity index (χ2v) is 6.43. The molecule has 0 spiro atoms. The first-order chi connectivity index (χ1) is 11.2. The fraction of sp³-hybridized carbons (Fsp3) is 0. The van der Waals surface area contributed by atoms with E-state index in [1.54, 1.807) is 23.9 Å². The lowest BCUT2D eigenvalue weighted by atomic mass is 10.0. The van der Waals surface area contributed by atoms with Crippen molar-refractivity contribution >= 4 is 29.0 Å². The van der Waals surface area contributed by atoms with Crippen LogP contribution in [0.4, 0.5) is 11.4 Å². The summed E-state index contributed by atoms with van der Waals surface area (Å²) in [5.41, 5.74) is 10.2. The molecule has 23 heavy (non-hydrogen) atoms. The average Bonchev–Trinajstić information content (AvgIpc) is 2.59. The van der Waals surface area contributed by atoms with Crippen molar-refractivity contribution in [3.05, 3.63) is 72.3 Å². The Morgan fingerprint density at radius 3 is 2.39 bits per heavy atom. The normalized spacial score (nSPS) is 12.0. The second-order valence-electron chi connectivity index (χ2n) is 5.34. The molecular formula is C19H14N2OS. The highest BCUT2D eigenvalue weighted by Crippen LogP contribution is 2.47. The number of primary amides is 1. The van der Waals surface area contributed by atoms with Gasteiger partial charge < -0.3 is 11.1 Å². The molecule has 0 bridgehead atoms. The standard InChI is InChI=1S/C19H14N2OS/c20-19(22)13-10-8-12(9-11-13)14-4-3-7-17-18(14)21-15-5-1-2-6-16(15)23-17/h1-11,21H,(H2,20,22). The minimum Gasteiger partial charge on any atom is -0.366 e. The molecule has 1 amide bonds. The van der Waals surface area contributed by atoms with E-state index in [1.807, 2.05) is 24.3 Å². The highest BCUT2D eigenvalue weighted by molar-refractivity contribution is 7.99. The number of anilines is 2. The molecule has 3 nitrogen and oxygen atoms in total. The number of hydrogen-bond acceptors (Lipinski definition) is 3. The summed E-state index contributed by atoms with van der Waals surface area (Å²) in [7, 11) is 0. The molecule has 4 heteroatoms. The Morgan fingerprint density at radius 1 is 0.870 bits per heavy atom. The van der Waals surface area contributed by atoms with Crippen molar-refractivity contribution in [1.29, 1.82) is 0 Å². The van der Waals surface area contributed by atoms with Gasteiger partial charge in [0.1, 0.15) is 0 Å². The van der Waals surface area contributed by atoms with Gasteiger partial charge >= 0.3 is 0 Å². The zero-order chi connectivity index (χ0) is 15.8. The van der Waals surface area contributed by atoms with Crippen molar-refractivity contribution in [3.63, 3.8) is 0 Å². The third-order valence-electron chi connectivity index (χ3n) is 3.87. The zero-order valence-electron chi connectivity index (χ0n) is 12.2. The van der Waals surface area contributed by atoms with Crippen LogP contribution in [-0.2, 0) is 0 Å². The summed E-state index contributed by atoms with van der Waals surface area (Å²) in [6.07, 6.45) is 0. The van der Waals surface area contributed by atoms with Crippen LogP contribution < -0.4 is 11.1 Å². The van der Waals surface area contributed by atoms with Crippen molar-refractivity contribution < 1.29 is 4.79 Å². The first-order valence-corrected chi connectivity index (χ1v) is 8.11. The van der Waals surface area contributed by atoms with Gasteiger partial charge in [0.2, 0.25) is 5.91 Å². The zero-order valence-corrected chi connectivity index (χ0v) is 13.1. The lowest BCUT2D eigenvalue weighted by Gasteiger charge is -2.23. The third-order valence-corrected chi connectivity index (χ3v) is 5.01. The molecule has 0 aromatic heterocycles. The molecule has 112 valence electrons. The maximum Gasteiger partial charge on any atom is 0.248 e. The molecule has 3 N–H and O–H groups in total. The smallest absolute Gasteiger partial charge is 0.248 e. The predicted octanol–water partition coefficient (Wildman–Crippen LogP) is 4.66. The quantitative estimate of drug-likeness (QED) is 0.565. The van der Waals surface area contributed by atoms with Crippen LogP contribution in [0.1, 0.15) is 10.4 Å². The van der Waals surface area contributed by atoms with E-state index in [-0.39, 0.29) is 0 Å². The predicted molar refractivity (Wildman–Crippen MR) is 94.2 cm³/mol. The number of carbonyl (C=O) groups excluding carboxylic acids is 1. The molecule has 0 saturated heterocycles. The second kappa shape index (κ2) is 5.48. The van der Waals surface area contributed by atoms with E-state index in [0.29, 0.717) is 5.56 Å². The number of hydrogen-bond donors (Lipinski definition) is 2. The van der Waals surface area contributed by atoms with Crippen molar-refractivity contribution in [3.8, 4) is 11.1 Å². The van der Waals surface area contributed by atoms with Gasteiger partial charge in [0.15, 0.2) is 0 Å². The van der Waals surface area contributed by atoms with Crippen molar-refractivity contribution in [2.45, 2.75) is 9.79 Å². The average molecular weight is 318 g/mol. The minimum absolute atomic E-state index is 0.408. The van der Waals surface area contributed by atoms with Gasteiger partial charge in [-0.3, -0.25) is 4.79 Å². The summed E-state index contributed by atoms with van der Waals surface area (Å²) >= 11 is 1.76. The number of rotatable bonds is 2. The molecule has 3 aromatic carbocycles. The van der Waals surface area contributed by atoms with E-state index in [4.69, 9.17) is 5.73 Å². The van der Waals surface area contributed by atoms with Crippen LogP contribution in [0, 0.1) is 0 Å². The molecule has 3 aromatic rings. The summed E-state index contributed by atoms with van der Waals surface area (Å²) in [5.74, 6) is -0.408. The molecule has 0 fully saturated rings. The lowest BCUT2D eigenvalue weighted by Crippen LogP contribution is -2.10. The molecule has 0 saturated carbocycles. The van der Waals surface area contributed by atoms with E-state index in [2.05, 4.69) is 35.6 Å². The Balaban J connectivity index is 1.79. The Kier molecular flexibility index (Phi) is 3.32. The summed E-state index contributed by atoms with van der Waals surface area (Å²) in [5, 5.41) is 3.53. The number of benzene rings is 3. The van der Waals surface area contributed by atoms with Gasteiger partial charge in [-0.2, -0.15) is 0 Å². The highest BCUT2D eigenvalue weighted by atomic mass is 32.2. The fourth-order valence-corrected chi connectivity index (χ4v) is 3.73. The number of carbonyl (C=O) groups is 1. The van der Waals surface area contributed by atoms with Crippen LogP contribution >= 0.6 is 11.8 Å². The van der Waals surface area contributed by atoms with Gasteiger partial charge in [-0.1, -0.05) is 48.2 Å². The monoisotopic (exact) mass is 318 g/mol. The van der Waals surface area contributed by atoms with Gasteiger partial charge in [-0.25, -0.2) is 0 Å². The Morgan fingerprint density at radius 2 is 1.61 bits per heavy atom. The summed E-state index contributed by atoms with van der Waals surface area (Å²) in [4.78, 5) is 13.6. The Labute approximate surface area is 138 Å². The molecular weight excluding hydrogens is 304 g/mol. The topological polar surface area (TPSA) is 55.1 Å². The summed E-state index contributed by atoms with van der Waals surface area (Å²) in [6, 6.07) is 21.9. The number of para-hydroxylation sites is 2. The first kappa shape index (κ1) is 13.9. The van der Waals surface area contributed by atoms with Crippen LogP contribution in [0.2, 0.25) is 0 Å². The van der Waals surface area contributed by atoms with Crippen molar-refractivity contribution in [2.75, 3.05) is 5.32 Å². The number of amides is 1. The number of fused-ring (bicyclic) bond motifs is 2. The molecule has 1 heterocycles. The van der Waals surface area contributed by atoms with E-state index in [9.17, 15) is 4.79 Å². The van der Waals surface area contributed by atoms with Crippen LogP contribution in [0.3, 0.4) is 0 Å². The first-order valence-electron chi connectivity index (χ1n) is 7.29. The highest BCUT2D eigenvalue weighted by Gasteiger charge is 2.18. The molecule has 0 unspecified atom stereocenters. The van der Waals surface area contributed by atoms with Gasteiger partial charge in [0.05, 0.1) is 11.4 Å². The van der Waals surface area contributed by atoms with Crippen LogP contribution in [0.25, 0.3) is 11.1 Å². The van der Waals surface area contributed by atoms with E-state index in [1.165, 1.54) is 9.79 Å². The Bertz CT molecular complexity index is 903. The minimum atomic E-state index is -0.408. The van der Waals surface area contributed by atoms with Crippen molar-refractivity contribution in [2.24, 2.45) is 5.73 Å². The number of nitrogens with two attached hydrogens (primary N) is 1. The van der Waals surface area contributed by atoms with E-state index < -0.39 is 5.91 Å². The molecule has 1 aliphatic heterocycles. The SMILES string of the molecule is NC(=O)c1ccc(-c2cccc3c2Nc2ccccc2S3)cc1. The summed E-state index contributed by atoms with van der Waals surface area (Å²) in [6.45, 7) is 0. The molecule has 0 atom stereocenters. The molecule has 4 rings (SSSR count). The van der Waals surface area contributed by atoms with E-state index in [0.717, 1.165) is 22.5 Å². The van der Waals surface area contributed by atoms with Crippen molar-refractivity contribution in [1.82, 2.24) is 0 Å². The fourth-order valence-electron chi connectivity index (χ4n) is 2.71. The van der Waals surface area contributed by atoms with Gasteiger partial charge in [0.25, 0.3) is 0 Å². The van der Waals surface area contributed by atoms with Crippen LogP contribution in [0.5, 0.6) is 0 Å². The van der Waals surface area contributed by atoms with Gasteiger partial charge in [-0.05, 0) is 35.9 Å².